The summed E-state index contributed by atoms with van der Waals surface area (Å²) in [6.45, 7) is 0.866. The molecule has 136 valence electrons. The highest BCUT2D eigenvalue weighted by Gasteiger charge is 2.30. The van der Waals surface area contributed by atoms with Gasteiger partial charge in [0.05, 0.1) is 29.8 Å². The van der Waals surface area contributed by atoms with Crippen LogP contribution in [0.1, 0.15) is 35.1 Å². The topological polar surface area (TPSA) is 82.5 Å². The smallest absolute Gasteiger partial charge is 0.345 e. The number of methoxy groups -OCH3 is 1. The van der Waals surface area contributed by atoms with E-state index in [0.29, 0.717) is 39.5 Å². The zero-order chi connectivity index (χ0) is 18.5. The molecule has 3 heterocycles. The number of esters is 1. The number of fused-ring (bicyclic) bond motifs is 2. The third-order valence-electron chi connectivity index (χ3n) is 5.12. The van der Waals surface area contributed by atoms with Gasteiger partial charge in [0.25, 0.3) is 5.56 Å². The summed E-state index contributed by atoms with van der Waals surface area (Å²) in [6, 6.07) is 10.4. The van der Waals surface area contributed by atoms with E-state index in [-0.39, 0.29) is 11.6 Å². The van der Waals surface area contributed by atoms with Crippen molar-refractivity contribution in [2.75, 3.05) is 13.7 Å². The molecule has 1 N–H and O–H groups in total. The number of hydrogen-bond acceptors (Lipinski definition) is 6. The Morgan fingerprint density at radius 2 is 2.11 bits per heavy atom. The number of carbonyl (C=O) groups excluding carboxylic acids is 1. The van der Waals surface area contributed by atoms with Gasteiger partial charge >= 0.3 is 5.97 Å². The Bertz CT molecular complexity index is 1150. The quantitative estimate of drug-likeness (QED) is 0.556. The van der Waals surface area contributed by atoms with Crippen molar-refractivity contribution in [3.05, 3.63) is 58.1 Å². The first-order valence-corrected chi connectivity index (χ1v) is 8.87. The monoisotopic (exact) mass is 363 g/mol. The number of nitrogens with one attached hydrogen (secondary N) is 1. The van der Waals surface area contributed by atoms with Gasteiger partial charge in [0.2, 0.25) is 0 Å². The van der Waals surface area contributed by atoms with Crippen molar-refractivity contribution in [3.8, 4) is 17.2 Å². The Hall–Kier alpha value is -3.19. The lowest BCUT2D eigenvalue weighted by Crippen LogP contribution is -2.25. The molecule has 3 aromatic rings. The lowest BCUT2D eigenvalue weighted by atomic mass is 10.1. The summed E-state index contributed by atoms with van der Waals surface area (Å²) < 4.78 is 12.8. The fourth-order valence-electron chi connectivity index (χ4n) is 3.88. The molecule has 27 heavy (non-hydrogen) atoms. The summed E-state index contributed by atoms with van der Waals surface area (Å²) in [5, 5.41) is 3.75. The fourth-order valence-corrected chi connectivity index (χ4v) is 3.88. The van der Waals surface area contributed by atoms with E-state index in [0.717, 1.165) is 19.4 Å². The van der Waals surface area contributed by atoms with Gasteiger partial charge in [-0.1, -0.05) is 12.1 Å². The average molecular weight is 363 g/mol. The van der Waals surface area contributed by atoms with Crippen LogP contribution in [0, 0.1) is 0 Å². The van der Waals surface area contributed by atoms with E-state index in [1.807, 2.05) is 16.7 Å². The van der Waals surface area contributed by atoms with Crippen LogP contribution < -0.4 is 20.3 Å². The summed E-state index contributed by atoms with van der Waals surface area (Å²) in [5.41, 5.74) is 1.27. The number of nitrogens with zero attached hydrogens (tertiary/aromatic N) is 2. The first kappa shape index (κ1) is 16.0. The first-order valence-electron chi connectivity index (χ1n) is 8.87. The molecule has 1 fully saturated rings. The molecule has 7 heteroatoms. The molecule has 1 aromatic heterocycles. The molecule has 1 saturated heterocycles. The van der Waals surface area contributed by atoms with Gasteiger partial charge in [-0.15, -0.1) is 0 Å². The van der Waals surface area contributed by atoms with Crippen LogP contribution in [0.3, 0.4) is 0 Å². The molecule has 0 amide bonds. The third-order valence-corrected chi connectivity index (χ3v) is 5.12. The van der Waals surface area contributed by atoms with Gasteiger partial charge in [0.1, 0.15) is 17.1 Å². The normalized spacial score (nSPS) is 18.1. The van der Waals surface area contributed by atoms with Crippen LogP contribution in [0.15, 0.2) is 41.2 Å². The minimum absolute atomic E-state index is 0.0571. The van der Waals surface area contributed by atoms with Crippen LogP contribution in [-0.2, 0) is 0 Å². The van der Waals surface area contributed by atoms with Gasteiger partial charge in [-0.2, -0.15) is 4.98 Å². The maximum atomic E-state index is 12.8. The maximum Gasteiger partial charge on any atom is 0.345 e. The number of ether oxygens (including phenoxy) is 2. The summed E-state index contributed by atoms with van der Waals surface area (Å²) in [5.74, 6) is 0.863. The molecule has 7 nitrogen and oxygen atoms in total. The van der Waals surface area contributed by atoms with Crippen LogP contribution in [-0.4, -0.2) is 29.2 Å². The van der Waals surface area contributed by atoms with Crippen molar-refractivity contribution < 1.29 is 14.3 Å². The fraction of sp³-hybridized carbons (Fsp3) is 0.250. The third kappa shape index (κ3) is 2.35. The van der Waals surface area contributed by atoms with Crippen LogP contribution >= 0.6 is 0 Å². The van der Waals surface area contributed by atoms with Crippen molar-refractivity contribution in [1.82, 2.24) is 14.9 Å². The van der Waals surface area contributed by atoms with Crippen molar-refractivity contribution in [2.45, 2.75) is 18.9 Å². The van der Waals surface area contributed by atoms with Gasteiger partial charge in [-0.25, -0.2) is 4.79 Å². The number of para-hydroxylation sites is 1. The van der Waals surface area contributed by atoms with E-state index >= 15 is 0 Å². The van der Waals surface area contributed by atoms with Crippen molar-refractivity contribution in [1.29, 1.82) is 0 Å². The second-order valence-corrected chi connectivity index (χ2v) is 6.69. The van der Waals surface area contributed by atoms with Gasteiger partial charge in [0, 0.05) is 6.07 Å². The van der Waals surface area contributed by atoms with Crippen molar-refractivity contribution in [3.63, 3.8) is 0 Å². The second-order valence-electron chi connectivity index (χ2n) is 6.69. The van der Waals surface area contributed by atoms with Gasteiger partial charge in [-0.05, 0) is 37.6 Å². The Morgan fingerprint density at radius 3 is 2.89 bits per heavy atom. The minimum Gasteiger partial charge on any atom is -0.497 e. The largest absolute Gasteiger partial charge is 0.497 e. The lowest BCUT2D eigenvalue weighted by Gasteiger charge is -2.20. The maximum absolute atomic E-state index is 12.8. The lowest BCUT2D eigenvalue weighted by molar-refractivity contribution is 0.0739. The predicted octanol–water partition coefficient (Wildman–Crippen LogP) is 2.35. The Balaban J connectivity index is 1.96. The van der Waals surface area contributed by atoms with Crippen LogP contribution in [0.4, 0.5) is 0 Å². The summed E-state index contributed by atoms with van der Waals surface area (Å²) in [4.78, 5) is 30.0. The number of benzene rings is 2. The zero-order valence-electron chi connectivity index (χ0n) is 14.7. The highest BCUT2D eigenvalue weighted by molar-refractivity contribution is 6.00. The summed E-state index contributed by atoms with van der Waals surface area (Å²) >= 11 is 0. The van der Waals surface area contributed by atoms with E-state index in [9.17, 15) is 9.59 Å². The highest BCUT2D eigenvalue weighted by Crippen LogP contribution is 2.37. The zero-order valence-corrected chi connectivity index (χ0v) is 14.7. The minimum atomic E-state index is -0.471. The molecule has 2 aromatic carbocycles. The SMILES string of the molecule is COc1cc2c3c(c1)c(=O)nc(C1CCCN1)n3-c1ccccc1C(=O)O2. The molecule has 1 unspecified atom stereocenters. The standard InChI is InChI=1S/C20H17N3O4/c1-26-11-9-13-17-16(10-11)27-20(25)12-5-2-3-7-15(12)23(17)18(22-19(13)24)14-6-4-8-21-14/h2-3,5,7,9-10,14,21H,4,6,8H2,1H3. The Kier molecular flexibility index (Phi) is 3.51. The number of rotatable bonds is 2. The molecule has 0 radical (unpaired) electrons. The molecule has 5 rings (SSSR count). The molecule has 0 bridgehead atoms. The number of carbonyl (C=O) groups is 1. The molecule has 0 spiro atoms. The summed E-state index contributed by atoms with van der Waals surface area (Å²) in [7, 11) is 1.50. The van der Waals surface area contributed by atoms with Gasteiger partial charge in [-0.3, -0.25) is 9.36 Å². The number of hydrogen-bond donors (Lipinski definition) is 1. The number of aromatic nitrogens is 2. The Morgan fingerprint density at radius 1 is 1.26 bits per heavy atom. The van der Waals surface area contributed by atoms with Gasteiger partial charge < -0.3 is 14.8 Å². The van der Waals surface area contributed by atoms with E-state index in [1.165, 1.54) is 7.11 Å². The molecule has 0 aliphatic carbocycles. The molecule has 1 atom stereocenters. The van der Waals surface area contributed by atoms with Crippen LogP contribution in [0.2, 0.25) is 0 Å². The van der Waals surface area contributed by atoms with E-state index in [2.05, 4.69) is 10.3 Å². The average Bonchev–Trinajstić information content (AvgIpc) is 3.18. The van der Waals surface area contributed by atoms with E-state index < -0.39 is 5.97 Å². The predicted molar refractivity (Wildman–Crippen MR) is 98.8 cm³/mol. The van der Waals surface area contributed by atoms with Crippen molar-refractivity contribution >= 4 is 16.9 Å². The highest BCUT2D eigenvalue weighted by atomic mass is 16.5. The van der Waals surface area contributed by atoms with Gasteiger partial charge in [0.15, 0.2) is 5.75 Å². The van der Waals surface area contributed by atoms with Crippen LogP contribution in [0.5, 0.6) is 11.5 Å². The van der Waals surface area contributed by atoms with E-state index in [4.69, 9.17) is 9.47 Å². The Labute approximate surface area is 154 Å². The second kappa shape index (κ2) is 5.92. The molecular formula is C20H17N3O4. The molecule has 2 aliphatic rings. The first-order chi connectivity index (χ1) is 13.2. The molecular weight excluding hydrogens is 346 g/mol. The molecule has 0 saturated carbocycles. The van der Waals surface area contributed by atoms with Crippen LogP contribution in [0.25, 0.3) is 16.6 Å². The summed E-state index contributed by atoms with van der Waals surface area (Å²) in [6.07, 6.45) is 1.88. The molecule has 2 aliphatic heterocycles. The van der Waals surface area contributed by atoms with Crippen molar-refractivity contribution in [2.24, 2.45) is 0 Å². The van der Waals surface area contributed by atoms with E-state index in [1.54, 1.807) is 24.3 Å².